The summed E-state index contributed by atoms with van der Waals surface area (Å²) in [5.41, 5.74) is 0. The maximum absolute atomic E-state index is 11.3. The number of likely N-dealkylation sites (N-methyl/N-ethyl adjacent to an activating group) is 1. The van der Waals surface area contributed by atoms with Crippen LogP contribution in [0.1, 0.15) is 19.8 Å². The molecule has 0 aliphatic carbocycles. The van der Waals surface area contributed by atoms with Crippen molar-refractivity contribution in [3.63, 3.8) is 0 Å². The zero-order chi connectivity index (χ0) is 12.6. The molecule has 0 bridgehead atoms. The SMILES string of the molecule is CNC(=O)[C@H](CCC(=O)NC=O)NC(C)=O. The van der Waals surface area contributed by atoms with Crippen molar-refractivity contribution in [2.24, 2.45) is 0 Å². The number of imide groups is 1. The molecule has 0 aromatic rings. The van der Waals surface area contributed by atoms with E-state index in [1.165, 1.54) is 14.0 Å². The Labute approximate surface area is 93.0 Å². The Hall–Kier alpha value is -1.92. The van der Waals surface area contributed by atoms with Gasteiger partial charge in [0, 0.05) is 20.4 Å². The van der Waals surface area contributed by atoms with Crippen molar-refractivity contribution in [1.29, 1.82) is 0 Å². The summed E-state index contributed by atoms with van der Waals surface area (Å²) in [6.07, 6.45) is 0.395. The van der Waals surface area contributed by atoms with Crippen molar-refractivity contribution in [1.82, 2.24) is 16.0 Å². The third-order valence-electron chi connectivity index (χ3n) is 1.82. The van der Waals surface area contributed by atoms with Gasteiger partial charge in [-0.25, -0.2) is 0 Å². The Bertz CT molecular complexity index is 290. The summed E-state index contributed by atoms with van der Waals surface area (Å²) in [6.45, 7) is 1.28. The first-order chi connectivity index (χ1) is 7.51. The minimum absolute atomic E-state index is 0.0168. The van der Waals surface area contributed by atoms with Gasteiger partial charge in [-0.1, -0.05) is 0 Å². The van der Waals surface area contributed by atoms with Crippen LogP contribution < -0.4 is 16.0 Å². The number of hydrogen-bond donors (Lipinski definition) is 3. The molecule has 0 saturated carbocycles. The zero-order valence-electron chi connectivity index (χ0n) is 9.20. The van der Waals surface area contributed by atoms with Crippen LogP contribution in [0.4, 0.5) is 0 Å². The van der Waals surface area contributed by atoms with Gasteiger partial charge in [0.15, 0.2) is 0 Å². The molecule has 0 rings (SSSR count). The number of carbonyl (C=O) groups is 4. The standard InChI is InChI=1S/C9H15N3O4/c1-6(14)12-7(9(16)10-2)3-4-8(15)11-5-13/h5,7H,3-4H2,1-2H3,(H,10,16)(H,12,14)(H,11,13,15)/t7-/m0/s1. The second-order valence-corrected chi connectivity index (χ2v) is 3.09. The van der Waals surface area contributed by atoms with E-state index < -0.39 is 11.9 Å². The van der Waals surface area contributed by atoms with Crippen LogP contribution >= 0.6 is 0 Å². The molecule has 3 N–H and O–H groups in total. The van der Waals surface area contributed by atoms with Crippen molar-refractivity contribution in [2.45, 2.75) is 25.8 Å². The van der Waals surface area contributed by atoms with Gasteiger partial charge in [-0.15, -0.1) is 0 Å². The van der Waals surface area contributed by atoms with E-state index in [4.69, 9.17) is 0 Å². The zero-order valence-corrected chi connectivity index (χ0v) is 9.20. The summed E-state index contributed by atoms with van der Waals surface area (Å²) in [5, 5.41) is 6.73. The predicted molar refractivity (Wildman–Crippen MR) is 55.1 cm³/mol. The highest BCUT2D eigenvalue weighted by Gasteiger charge is 2.18. The first-order valence-electron chi connectivity index (χ1n) is 4.73. The largest absolute Gasteiger partial charge is 0.357 e. The Balaban J connectivity index is 4.21. The molecular weight excluding hydrogens is 214 g/mol. The number of carbonyl (C=O) groups excluding carboxylic acids is 4. The lowest BCUT2D eigenvalue weighted by atomic mass is 10.1. The predicted octanol–water partition coefficient (Wildman–Crippen LogP) is -1.71. The number of hydrogen-bond acceptors (Lipinski definition) is 4. The van der Waals surface area contributed by atoms with Crippen LogP contribution in [0.2, 0.25) is 0 Å². The fraction of sp³-hybridized carbons (Fsp3) is 0.556. The molecule has 0 aliphatic heterocycles. The van der Waals surface area contributed by atoms with E-state index in [1.807, 2.05) is 5.32 Å². The fourth-order valence-electron chi connectivity index (χ4n) is 1.10. The van der Waals surface area contributed by atoms with E-state index >= 15 is 0 Å². The summed E-state index contributed by atoms with van der Waals surface area (Å²) in [6, 6.07) is -0.764. The van der Waals surface area contributed by atoms with Crippen molar-refractivity contribution >= 4 is 24.1 Å². The molecule has 16 heavy (non-hydrogen) atoms. The molecule has 0 spiro atoms. The van der Waals surface area contributed by atoms with E-state index in [9.17, 15) is 19.2 Å². The highest BCUT2D eigenvalue weighted by Crippen LogP contribution is 1.97. The van der Waals surface area contributed by atoms with Gasteiger partial charge in [0.25, 0.3) is 0 Å². The van der Waals surface area contributed by atoms with Crippen LogP contribution in [0, 0.1) is 0 Å². The van der Waals surface area contributed by atoms with E-state index in [2.05, 4.69) is 10.6 Å². The average molecular weight is 229 g/mol. The third kappa shape index (κ3) is 5.74. The Morgan fingerprint density at radius 3 is 2.38 bits per heavy atom. The summed E-state index contributed by atoms with van der Waals surface area (Å²) in [5.74, 6) is -1.23. The van der Waals surface area contributed by atoms with E-state index in [0.717, 1.165) is 0 Å². The summed E-state index contributed by atoms with van der Waals surface area (Å²) >= 11 is 0. The van der Waals surface area contributed by atoms with Gasteiger partial charge in [-0.3, -0.25) is 24.5 Å². The van der Waals surface area contributed by atoms with Gasteiger partial charge in [0.1, 0.15) is 6.04 Å². The molecule has 0 saturated heterocycles. The van der Waals surface area contributed by atoms with Gasteiger partial charge in [-0.2, -0.15) is 0 Å². The molecule has 0 aromatic heterocycles. The second-order valence-electron chi connectivity index (χ2n) is 3.09. The first kappa shape index (κ1) is 14.1. The van der Waals surface area contributed by atoms with Crippen LogP contribution in [-0.2, 0) is 19.2 Å². The fourth-order valence-corrected chi connectivity index (χ4v) is 1.10. The molecular formula is C9H15N3O4. The van der Waals surface area contributed by atoms with Crippen LogP contribution in [-0.4, -0.2) is 37.2 Å². The molecule has 0 radical (unpaired) electrons. The van der Waals surface area contributed by atoms with Gasteiger partial charge < -0.3 is 10.6 Å². The van der Waals surface area contributed by atoms with Gasteiger partial charge in [0.2, 0.25) is 24.1 Å². The van der Waals surface area contributed by atoms with Crippen molar-refractivity contribution < 1.29 is 19.2 Å². The van der Waals surface area contributed by atoms with E-state index in [1.54, 1.807) is 0 Å². The van der Waals surface area contributed by atoms with E-state index in [0.29, 0.717) is 0 Å². The average Bonchev–Trinajstić information content (AvgIpc) is 2.23. The van der Waals surface area contributed by atoms with Gasteiger partial charge in [-0.05, 0) is 6.42 Å². The molecule has 4 amide bonds. The Morgan fingerprint density at radius 2 is 1.94 bits per heavy atom. The second kappa shape index (κ2) is 7.38. The normalized spacial score (nSPS) is 11.1. The molecule has 7 nitrogen and oxygen atoms in total. The molecule has 0 unspecified atom stereocenters. The number of nitrogens with one attached hydrogen (secondary N) is 3. The van der Waals surface area contributed by atoms with E-state index in [-0.39, 0.29) is 31.1 Å². The summed E-state index contributed by atoms with van der Waals surface area (Å²) < 4.78 is 0. The molecule has 0 aliphatic rings. The Morgan fingerprint density at radius 1 is 1.31 bits per heavy atom. The highest BCUT2D eigenvalue weighted by molar-refractivity contribution is 5.89. The van der Waals surface area contributed by atoms with Crippen LogP contribution in [0.25, 0.3) is 0 Å². The lowest BCUT2D eigenvalue weighted by Crippen LogP contribution is -2.45. The first-order valence-corrected chi connectivity index (χ1v) is 4.73. The van der Waals surface area contributed by atoms with Crippen LogP contribution in [0.3, 0.4) is 0 Å². The molecule has 7 heteroatoms. The van der Waals surface area contributed by atoms with Gasteiger partial charge in [0.05, 0.1) is 0 Å². The number of amides is 4. The van der Waals surface area contributed by atoms with Crippen molar-refractivity contribution in [2.75, 3.05) is 7.05 Å². The summed E-state index contributed by atoms with van der Waals surface area (Å²) in [7, 11) is 1.43. The molecule has 0 heterocycles. The van der Waals surface area contributed by atoms with Crippen LogP contribution in [0.15, 0.2) is 0 Å². The maximum atomic E-state index is 11.3. The number of rotatable bonds is 6. The molecule has 0 aromatic carbocycles. The maximum Gasteiger partial charge on any atom is 0.242 e. The molecule has 0 fully saturated rings. The lowest BCUT2D eigenvalue weighted by molar-refractivity contribution is -0.129. The van der Waals surface area contributed by atoms with Crippen LogP contribution in [0.5, 0.6) is 0 Å². The minimum atomic E-state index is -0.764. The van der Waals surface area contributed by atoms with Crippen molar-refractivity contribution in [3.8, 4) is 0 Å². The van der Waals surface area contributed by atoms with Crippen molar-refractivity contribution in [3.05, 3.63) is 0 Å². The third-order valence-corrected chi connectivity index (χ3v) is 1.82. The summed E-state index contributed by atoms with van der Waals surface area (Å²) in [4.78, 5) is 43.0. The highest BCUT2D eigenvalue weighted by atomic mass is 16.2. The Kier molecular flexibility index (Phi) is 6.50. The lowest BCUT2D eigenvalue weighted by Gasteiger charge is -2.15. The smallest absolute Gasteiger partial charge is 0.242 e. The monoisotopic (exact) mass is 229 g/mol. The molecule has 90 valence electrons. The van der Waals surface area contributed by atoms with Gasteiger partial charge >= 0.3 is 0 Å². The quantitative estimate of drug-likeness (QED) is 0.472. The topological polar surface area (TPSA) is 104 Å². The molecule has 1 atom stereocenters. The minimum Gasteiger partial charge on any atom is -0.357 e.